The van der Waals surface area contributed by atoms with Crippen LogP contribution < -0.4 is 10.1 Å². The Balaban J connectivity index is 2.86. The first-order valence-corrected chi connectivity index (χ1v) is 7.00. The van der Waals surface area contributed by atoms with E-state index in [1.54, 1.807) is 12.1 Å². The van der Waals surface area contributed by atoms with Crippen molar-refractivity contribution in [2.24, 2.45) is 5.41 Å². The molecule has 0 saturated carbocycles. The highest BCUT2D eigenvalue weighted by molar-refractivity contribution is 5.30. The largest absolute Gasteiger partial charge is 0.497 e. The molecule has 0 aliphatic rings. The van der Waals surface area contributed by atoms with Crippen molar-refractivity contribution in [3.63, 3.8) is 0 Å². The van der Waals surface area contributed by atoms with E-state index >= 15 is 0 Å². The summed E-state index contributed by atoms with van der Waals surface area (Å²) in [6.07, 6.45) is 0.644. The minimum Gasteiger partial charge on any atom is -0.497 e. The normalized spacial score (nSPS) is 14.9. The minimum absolute atomic E-state index is 0.0000629. The molecule has 2 atom stereocenters. The number of benzene rings is 1. The summed E-state index contributed by atoms with van der Waals surface area (Å²) in [6.45, 7) is 8.38. The third kappa shape index (κ3) is 4.46. The highest BCUT2D eigenvalue weighted by atomic mass is 19.1. The Labute approximate surface area is 121 Å². The number of nitrogens with one attached hydrogen (secondary N) is 1. The second kappa shape index (κ2) is 7.04. The van der Waals surface area contributed by atoms with E-state index in [1.807, 2.05) is 6.92 Å². The van der Waals surface area contributed by atoms with E-state index in [-0.39, 0.29) is 29.9 Å². The van der Waals surface area contributed by atoms with Crippen molar-refractivity contribution in [1.82, 2.24) is 5.32 Å². The van der Waals surface area contributed by atoms with Gasteiger partial charge >= 0.3 is 0 Å². The van der Waals surface area contributed by atoms with Gasteiger partial charge in [-0.3, -0.25) is 0 Å². The van der Waals surface area contributed by atoms with Crippen molar-refractivity contribution < 1.29 is 14.2 Å². The van der Waals surface area contributed by atoms with Crippen LogP contribution in [0, 0.1) is 11.2 Å². The van der Waals surface area contributed by atoms with Gasteiger partial charge in [0.25, 0.3) is 0 Å². The molecule has 4 heteroatoms. The molecule has 0 aromatic heterocycles. The van der Waals surface area contributed by atoms with Gasteiger partial charge in [0.15, 0.2) is 0 Å². The van der Waals surface area contributed by atoms with E-state index < -0.39 is 0 Å². The molecule has 0 radical (unpaired) electrons. The van der Waals surface area contributed by atoms with Gasteiger partial charge in [0.1, 0.15) is 11.6 Å². The number of methoxy groups -OCH3 is 1. The first-order valence-electron chi connectivity index (χ1n) is 7.00. The van der Waals surface area contributed by atoms with Crippen LogP contribution in [0.3, 0.4) is 0 Å². The molecular formula is C16H26FNO2. The average Bonchev–Trinajstić information content (AvgIpc) is 2.36. The van der Waals surface area contributed by atoms with Gasteiger partial charge in [-0.05, 0) is 24.8 Å². The Morgan fingerprint density at radius 1 is 1.35 bits per heavy atom. The second-order valence-electron chi connectivity index (χ2n) is 6.21. The molecule has 0 fully saturated rings. The summed E-state index contributed by atoms with van der Waals surface area (Å²) in [5, 5.41) is 12.6. The lowest BCUT2D eigenvalue weighted by atomic mass is 9.84. The summed E-state index contributed by atoms with van der Waals surface area (Å²) in [7, 11) is 1.52. The fourth-order valence-electron chi connectivity index (χ4n) is 2.27. The number of halogens is 1. The molecule has 0 bridgehead atoms. The maximum atomic E-state index is 14.1. The molecule has 0 heterocycles. The molecule has 0 amide bonds. The van der Waals surface area contributed by atoms with Crippen LogP contribution in [-0.2, 0) is 0 Å². The van der Waals surface area contributed by atoms with Crippen LogP contribution >= 0.6 is 0 Å². The standard InChI is InChI=1S/C16H26FNO2/c1-11(18-15(8-9-19)16(2,3)4)13-7-6-12(20-5)10-14(13)17/h6-7,10-11,15,18-19H,8-9H2,1-5H3. The van der Waals surface area contributed by atoms with Gasteiger partial charge in [-0.2, -0.15) is 0 Å². The van der Waals surface area contributed by atoms with E-state index in [0.29, 0.717) is 17.7 Å². The first kappa shape index (κ1) is 16.9. The zero-order valence-electron chi connectivity index (χ0n) is 13.0. The van der Waals surface area contributed by atoms with E-state index in [1.165, 1.54) is 13.2 Å². The molecule has 2 N–H and O–H groups in total. The van der Waals surface area contributed by atoms with Gasteiger partial charge in [0.2, 0.25) is 0 Å². The van der Waals surface area contributed by atoms with Crippen LogP contribution in [0.15, 0.2) is 18.2 Å². The van der Waals surface area contributed by atoms with Gasteiger partial charge in [-0.1, -0.05) is 26.8 Å². The molecule has 1 rings (SSSR count). The Morgan fingerprint density at radius 3 is 2.45 bits per heavy atom. The number of aliphatic hydroxyl groups excluding tert-OH is 1. The maximum Gasteiger partial charge on any atom is 0.131 e. The van der Waals surface area contributed by atoms with E-state index in [4.69, 9.17) is 4.74 Å². The quantitative estimate of drug-likeness (QED) is 0.842. The predicted octanol–water partition coefficient (Wildman–Crippen LogP) is 3.28. The lowest BCUT2D eigenvalue weighted by Gasteiger charge is -2.34. The van der Waals surface area contributed by atoms with Crippen LogP contribution in [-0.4, -0.2) is 24.9 Å². The fourth-order valence-corrected chi connectivity index (χ4v) is 2.27. The molecule has 0 aliphatic carbocycles. The van der Waals surface area contributed by atoms with Crippen molar-refractivity contribution in [2.75, 3.05) is 13.7 Å². The molecule has 0 saturated heterocycles. The summed E-state index contributed by atoms with van der Waals surface area (Å²) < 4.78 is 19.1. The Morgan fingerprint density at radius 2 is 2.00 bits per heavy atom. The topological polar surface area (TPSA) is 41.5 Å². The second-order valence-corrected chi connectivity index (χ2v) is 6.21. The first-order chi connectivity index (χ1) is 9.29. The Hall–Kier alpha value is -1.13. The van der Waals surface area contributed by atoms with Crippen molar-refractivity contribution in [3.05, 3.63) is 29.6 Å². The fraction of sp³-hybridized carbons (Fsp3) is 0.625. The van der Waals surface area contributed by atoms with Gasteiger partial charge in [0, 0.05) is 30.3 Å². The van der Waals surface area contributed by atoms with Gasteiger partial charge in [-0.15, -0.1) is 0 Å². The zero-order valence-corrected chi connectivity index (χ0v) is 13.0. The Bertz CT molecular complexity index is 429. The molecule has 0 spiro atoms. The highest BCUT2D eigenvalue weighted by Crippen LogP contribution is 2.27. The van der Waals surface area contributed by atoms with Crippen molar-refractivity contribution in [2.45, 2.75) is 46.2 Å². The van der Waals surface area contributed by atoms with Gasteiger partial charge in [-0.25, -0.2) is 4.39 Å². The number of aliphatic hydroxyl groups is 1. The summed E-state index contributed by atoms with van der Waals surface area (Å²) in [5.74, 6) is 0.238. The predicted molar refractivity (Wildman–Crippen MR) is 79.4 cm³/mol. The van der Waals surface area contributed by atoms with Crippen molar-refractivity contribution >= 4 is 0 Å². The molecule has 2 unspecified atom stereocenters. The number of rotatable bonds is 6. The van der Waals surface area contributed by atoms with Crippen molar-refractivity contribution in [3.8, 4) is 5.75 Å². The SMILES string of the molecule is COc1ccc(C(C)NC(CCO)C(C)(C)C)c(F)c1. The van der Waals surface area contributed by atoms with Crippen LogP contribution in [0.5, 0.6) is 5.75 Å². The van der Waals surface area contributed by atoms with Crippen LogP contribution in [0.25, 0.3) is 0 Å². The van der Waals surface area contributed by atoms with Crippen molar-refractivity contribution in [1.29, 1.82) is 0 Å². The summed E-state index contributed by atoms with van der Waals surface area (Å²) in [4.78, 5) is 0. The monoisotopic (exact) mass is 283 g/mol. The summed E-state index contributed by atoms with van der Waals surface area (Å²) in [6, 6.07) is 4.88. The zero-order chi connectivity index (χ0) is 15.3. The molecule has 1 aromatic rings. The van der Waals surface area contributed by atoms with Crippen LogP contribution in [0.1, 0.15) is 45.7 Å². The molecule has 1 aromatic carbocycles. The third-order valence-corrected chi connectivity index (χ3v) is 3.59. The Kier molecular flexibility index (Phi) is 5.96. The molecule has 20 heavy (non-hydrogen) atoms. The van der Waals surface area contributed by atoms with E-state index in [2.05, 4.69) is 26.1 Å². The smallest absolute Gasteiger partial charge is 0.131 e. The average molecular weight is 283 g/mol. The van der Waals surface area contributed by atoms with Crippen LogP contribution in [0.2, 0.25) is 0 Å². The lowest BCUT2D eigenvalue weighted by molar-refractivity contribution is 0.187. The molecule has 3 nitrogen and oxygen atoms in total. The van der Waals surface area contributed by atoms with Crippen LogP contribution in [0.4, 0.5) is 4.39 Å². The summed E-state index contributed by atoms with van der Waals surface area (Å²) >= 11 is 0. The van der Waals surface area contributed by atoms with E-state index in [0.717, 1.165) is 0 Å². The lowest BCUT2D eigenvalue weighted by Crippen LogP contribution is -2.42. The molecule has 0 aliphatic heterocycles. The molecular weight excluding hydrogens is 257 g/mol. The molecule has 114 valence electrons. The third-order valence-electron chi connectivity index (χ3n) is 3.59. The number of ether oxygens (including phenoxy) is 1. The van der Waals surface area contributed by atoms with E-state index in [9.17, 15) is 9.50 Å². The summed E-state index contributed by atoms with van der Waals surface area (Å²) in [5.41, 5.74) is 0.609. The number of hydrogen-bond donors (Lipinski definition) is 2. The van der Waals surface area contributed by atoms with Gasteiger partial charge < -0.3 is 15.2 Å². The highest BCUT2D eigenvalue weighted by Gasteiger charge is 2.26. The number of hydrogen-bond acceptors (Lipinski definition) is 3. The minimum atomic E-state index is -0.277. The maximum absolute atomic E-state index is 14.1. The van der Waals surface area contributed by atoms with Gasteiger partial charge in [0.05, 0.1) is 7.11 Å².